The van der Waals surface area contributed by atoms with Gasteiger partial charge in [-0.1, -0.05) is 18.2 Å². The maximum Gasteiger partial charge on any atom is 0.303 e. The van der Waals surface area contributed by atoms with Crippen LogP contribution in [0, 0.1) is 6.92 Å². The summed E-state index contributed by atoms with van der Waals surface area (Å²) >= 11 is 0. The second kappa shape index (κ2) is 11.5. The van der Waals surface area contributed by atoms with Gasteiger partial charge >= 0.3 is 5.97 Å². The fraction of sp³-hybridized carbons (Fsp3) is 0.458. The van der Waals surface area contributed by atoms with Gasteiger partial charge in [-0.15, -0.1) is 0 Å². The van der Waals surface area contributed by atoms with Gasteiger partial charge in [0.05, 0.1) is 18.8 Å². The molecule has 2 heterocycles. The molecule has 1 amide bonds. The third-order valence-corrected chi connectivity index (χ3v) is 5.25. The monoisotopic (exact) mass is 425 g/mol. The van der Waals surface area contributed by atoms with Gasteiger partial charge < -0.3 is 15.2 Å². The van der Waals surface area contributed by atoms with Gasteiger partial charge in [0.2, 0.25) is 5.91 Å². The van der Waals surface area contributed by atoms with Crippen molar-refractivity contribution in [2.75, 3.05) is 19.7 Å². The Labute approximate surface area is 183 Å². The number of amides is 1. The van der Waals surface area contributed by atoms with Crippen LogP contribution < -0.4 is 10.1 Å². The van der Waals surface area contributed by atoms with Gasteiger partial charge in [-0.2, -0.15) is 0 Å². The minimum Gasteiger partial charge on any atom is -0.493 e. The van der Waals surface area contributed by atoms with Crippen LogP contribution in [0.5, 0.6) is 5.75 Å². The van der Waals surface area contributed by atoms with Gasteiger partial charge in [-0.25, -0.2) is 0 Å². The molecule has 1 aliphatic heterocycles. The molecule has 1 aliphatic rings. The molecule has 0 spiro atoms. The summed E-state index contributed by atoms with van der Waals surface area (Å²) in [6.45, 7) is 4.55. The molecule has 0 fully saturated rings. The number of pyridine rings is 1. The number of aryl methyl sites for hydroxylation is 2. The summed E-state index contributed by atoms with van der Waals surface area (Å²) in [4.78, 5) is 30.2. The number of aromatic nitrogens is 1. The van der Waals surface area contributed by atoms with E-state index >= 15 is 0 Å². The lowest BCUT2D eigenvalue weighted by Gasteiger charge is -2.23. The van der Waals surface area contributed by atoms with E-state index in [4.69, 9.17) is 9.84 Å². The highest BCUT2D eigenvalue weighted by molar-refractivity contribution is 5.78. The minimum atomic E-state index is -0.816. The van der Waals surface area contributed by atoms with Gasteiger partial charge in [0.25, 0.3) is 0 Å². The molecule has 0 atom stereocenters. The summed E-state index contributed by atoms with van der Waals surface area (Å²) in [5.41, 5.74) is 3.75. The standard InChI is InChI=1S/C24H31N3O4/c1-18-6-5-7-21(26-18)16-27-15-20-14-19(9-11-24(29)30)8-10-22(20)31-13-4-2-3-12-25-23(28)17-27/h5-8,10,14H,2-4,9,11-13,15-17H2,1H3,(H,25,28)(H,29,30). The predicted octanol–water partition coefficient (Wildman–Crippen LogP) is 3.09. The van der Waals surface area contributed by atoms with Gasteiger partial charge in [-0.05, 0) is 56.4 Å². The van der Waals surface area contributed by atoms with Gasteiger partial charge in [0.1, 0.15) is 5.75 Å². The molecule has 2 N–H and O–H groups in total. The summed E-state index contributed by atoms with van der Waals surface area (Å²) in [5.74, 6) is -0.0265. The van der Waals surface area contributed by atoms with Crippen LogP contribution in [0.15, 0.2) is 36.4 Å². The number of carboxylic acids is 1. The van der Waals surface area contributed by atoms with E-state index in [1.165, 1.54) is 0 Å². The first-order valence-corrected chi connectivity index (χ1v) is 10.9. The quantitative estimate of drug-likeness (QED) is 0.765. The van der Waals surface area contributed by atoms with Gasteiger partial charge in [-0.3, -0.25) is 19.5 Å². The Kier molecular flexibility index (Phi) is 8.41. The number of aliphatic carboxylic acids is 1. The summed E-state index contributed by atoms with van der Waals surface area (Å²) in [7, 11) is 0. The smallest absolute Gasteiger partial charge is 0.303 e. The van der Waals surface area contributed by atoms with Crippen molar-refractivity contribution in [2.24, 2.45) is 0 Å². The van der Waals surface area contributed by atoms with Crippen LogP contribution in [0.2, 0.25) is 0 Å². The third kappa shape index (κ3) is 7.68. The van der Waals surface area contributed by atoms with Crippen LogP contribution >= 0.6 is 0 Å². The number of hydrogen-bond acceptors (Lipinski definition) is 5. The van der Waals surface area contributed by atoms with Gasteiger partial charge in [0.15, 0.2) is 0 Å². The van der Waals surface area contributed by atoms with E-state index in [-0.39, 0.29) is 18.9 Å². The lowest BCUT2D eigenvalue weighted by molar-refractivity contribution is -0.137. The molecule has 0 saturated carbocycles. The van der Waals surface area contributed by atoms with Crippen molar-refractivity contribution in [2.45, 2.75) is 52.1 Å². The van der Waals surface area contributed by atoms with Crippen molar-refractivity contribution < 1.29 is 19.4 Å². The Bertz CT molecular complexity index is 900. The van der Waals surface area contributed by atoms with E-state index in [0.29, 0.717) is 32.7 Å². The van der Waals surface area contributed by atoms with Crippen LogP contribution in [0.25, 0.3) is 0 Å². The number of benzene rings is 1. The third-order valence-electron chi connectivity index (χ3n) is 5.25. The highest BCUT2D eigenvalue weighted by atomic mass is 16.5. The Hall–Kier alpha value is -2.93. The van der Waals surface area contributed by atoms with Crippen molar-refractivity contribution >= 4 is 11.9 Å². The summed E-state index contributed by atoms with van der Waals surface area (Å²) in [6.07, 6.45) is 3.38. The number of carbonyl (C=O) groups excluding carboxylic acids is 1. The number of nitrogens with one attached hydrogen (secondary N) is 1. The summed E-state index contributed by atoms with van der Waals surface area (Å²) in [5, 5.41) is 12.0. The molecular formula is C24H31N3O4. The first-order chi connectivity index (χ1) is 15.0. The molecule has 0 saturated heterocycles. The number of nitrogens with zero attached hydrogens (tertiary/aromatic N) is 2. The zero-order valence-electron chi connectivity index (χ0n) is 18.1. The van der Waals surface area contributed by atoms with Crippen molar-refractivity contribution in [3.8, 4) is 5.75 Å². The minimum absolute atomic E-state index is 0.00333. The molecule has 166 valence electrons. The molecule has 7 heteroatoms. The summed E-state index contributed by atoms with van der Waals surface area (Å²) in [6, 6.07) is 11.8. The first-order valence-electron chi connectivity index (χ1n) is 10.9. The Morgan fingerprint density at radius 3 is 2.87 bits per heavy atom. The van der Waals surface area contributed by atoms with Crippen LogP contribution in [-0.2, 0) is 29.1 Å². The van der Waals surface area contributed by atoms with E-state index in [9.17, 15) is 9.59 Å². The largest absolute Gasteiger partial charge is 0.493 e. The topological polar surface area (TPSA) is 91.8 Å². The Morgan fingerprint density at radius 1 is 1.19 bits per heavy atom. The molecule has 1 aromatic carbocycles. The number of carboxylic acid groups (broad SMARTS) is 1. The highest BCUT2D eigenvalue weighted by Gasteiger charge is 2.17. The molecule has 2 aromatic rings. The van der Waals surface area contributed by atoms with E-state index in [1.807, 2.05) is 43.3 Å². The van der Waals surface area contributed by atoms with E-state index in [1.54, 1.807) is 0 Å². The molecule has 1 aromatic heterocycles. The number of carbonyl (C=O) groups is 2. The van der Waals surface area contributed by atoms with Crippen molar-refractivity contribution in [1.82, 2.24) is 15.2 Å². The van der Waals surface area contributed by atoms with Crippen molar-refractivity contribution in [3.63, 3.8) is 0 Å². The second-order valence-corrected chi connectivity index (χ2v) is 8.01. The molecule has 0 radical (unpaired) electrons. The van der Waals surface area contributed by atoms with Crippen molar-refractivity contribution in [1.29, 1.82) is 0 Å². The lowest BCUT2D eigenvalue weighted by Crippen LogP contribution is -2.37. The zero-order chi connectivity index (χ0) is 22.1. The fourth-order valence-electron chi connectivity index (χ4n) is 3.70. The average Bonchev–Trinajstić information content (AvgIpc) is 2.73. The number of hydrogen-bond donors (Lipinski definition) is 2. The molecule has 0 aliphatic carbocycles. The maximum atomic E-state index is 12.5. The lowest BCUT2D eigenvalue weighted by atomic mass is 10.0. The van der Waals surface area contributed by atoms with Crippen LogP contribution in [-0.4, -0.2) is 46.6 Å². The Morgan fingerprint density at radius 2 is 2.06 bits per heavy atom. The molecular weight excluding hydrogens is 394 g/mol. The van der Waals surface area contributed by atoms with Gasteiger partial charge in [0, 0.05) is 37.3 Å². The number of fused-ring (bicyclic) bond motifs is 1. The molecule has 0 bridgehead atoms. The van der Waals surface area contributed by atoms with E-state index in [0.717, 1.165) is 47.5 Å². The van der Waals surface area contributed by atoms with Crippen LogP contribution in [0.4, 0.5) is 0 Å². The van der Waals surface area contributed by atoms with E-state index < -0.39 is 5.97 Å². The molecule has 7 nitrogen and oxygen atoms in total. The average molecular weight is 426 g/mol. The van der Waals surface area contributed by atoms with Crippen LogP contribution in [0.1, 0.15) is 48.2 Å². The fourth-order valence-corrected chi connectivity index (χ4v) is 3.70. The SMILES string of the molecule is Cc1cccc(CN2CC(=O)NCCCCCOc3ccc(CCC(=O)O)cc3C2)n1. The zero-order valence-corrected chi connectivity index (χ0v) is 18.1. The first kappa shape index (κ1) is 22.7. The molecule has 0 unspecified atom stereocenters. The maximum absolute atomic E-state index is 12.5. The van der Waals surface area contributed by atoms with Crippen LogP contribution in [0.3, 0.4) is 0 Å². The molecule has 3 rings (SSSR count). The normalized spacial score (nSPS) is 16.1. The molecule has 31 heavy (non-hydrogen) atoms. The number of rotatable bonds is 5. The van der Waals surface area contributed by atoms with Crippen molar-refractivity contribution in [3.05, 3.63) is 58.9 Å². The number of ether oxygens (including phenoxy) is 1. The second-order valence-electron chi connectivity index (χ2n) is 8.01. The summed E-state index contributed by atoms with van der Waals surface area (Å²) < 4.78 is 6.06. The van der Waals surface area contributed by atoms with E-state index in [2.05, 4.69) is 15.2 Å². The highest BCUT2D eigenvalue weighted by Crippen LogP contribution is 2.24. The predicted molar refractivity (Wildman–Crippen MR) is 118 cm³/mol. The Balaban J connectivity index is 1.86.